The molecule has 0 spiro atoms. The fourth-order valence-electron chi connectivity index (χ4n) is 2.18. The zero-order chi connectivity index (χ0) is 16.1. The van der Waals surface area contributed by atoms with E-state index in [0.29, 0.717) is 28.1 Å². The molecule has 0 fully saturated rings. The second-order valence-electron chi connectivity index (χ2n) is 4.80. The molecule has 0 aliphatic rings. The Morgan fingerprint density at radius 3 is 2.27 bits per heavy atom. The van der Waals surface area contributed by atoms with Crippen LogP contribution in [0.1, 0.15) is 24.0 Å². The van der Waals surface area contributed by atoms with Crippen molar-refractivity contribution in [2.45, 2.75) is 19.3 Å². The van der Waals surface area contributed by atoms with Crippen molar-refractivity contribution < 1.29 is 9.53 Å². The van der Waals surface area contributed by atoms with Crippen molar-refractivity contribution in [3.63, 3.8) is 0 Å². The molecule has 0 saturated heterocycles. The Morgan fingerprint density at radius 1 is 1.05 bits per heavy atom. The van der Waals surface area contributed by atoms with E-state index < -0.39 is 5.92 Å². The van der Waals surface area contributed by atoms with Gasteiger partial charge in [-0.15, -0.1) is 0 Å². The molecule has 116 valence electrons. The maximum absolute atomic E-state index is 12.3. The average molecular weight is 358 g/mol. The van der Waals surface area contributed by atoms with Gasteiger partial charge in [0.1, 0.15) is 0 Å². The van der Waals surface area contributed by atoms with Crippen molar-refractivity contribution in [1.29, 1.82) is 0 Å². The van der Waals surface area contributed by atoms with Gasteiger partial charge in [-0.25, -0.2) is 0 Å². The Kier molecular flexibility index (Phi) is 6.13. The van der Waals surface area contributed by atoms with Gasteiger partial charge in [0.25, 0.3) is 0 Å². The highest BCUT2D eigenvalue weighted by molar-refractivity contribution is 6.35. The van der Waals surface area contributed by atoms with E-state index in [1.807, 2.05) is 18.2 Å². The van der Waals surface area contributed by atoms with Crippen LogP contribution in [0.4, 0.5) is 0 Å². The molecule has 0 radical (unpaired) electrons. The number of carbonyl (C=O) groups excluding carboxylic acids is 1. The van der Waals surface area contributed by atoms with E-state index in [1.54, 1.807) is 31.2 Å². The minimum absolute atomic E-state index is 0.282. The smallest absolute Gasteiger partial charge is 0.313 e. The van der Waals surface area contributed by atoms with Gasteiger partial charge >= 0.3 is 5.97 Å². The van der Waals surface area contributed by atoms with Crippen LogP contribution in [0.2, 0.25) is 15.1 Å². The maximum atomic E-state index is 12.3. The molecule has 0 aromatic heterocycles. The monoisotopic (exact) mass is 356 g/mol. The summed E-state index contributed by atoms with van der Waals surface area (Å²) in [6.07, 6.45) is 0.441. The highest BCUT2D eigenvalue weighted by atomic mass is 35.5. The lowest BCUT2D eigenvalue weighted by Gasteiger charge is -2.17. The molecule has 2 nitrogen and oxygen atoms in total. The van der Waals surface area contributed by atoms with Crippen LogP contribution in [0.15, 0.2) is 42.5 Å². The summed E-state index contributed by atoms with van der Waals surface area (Å²) in [5.74, 6) is -0.716. The molecule has 2 aromatic rings. The Hall–Kier alpha value is -1.22. The molecule has 0 amide bonds. The highest BCUT2D eigenvalue weighted by Crippen LogP contribution is 2.29. The highest BCUT2D eigenvalue weighted by Gasteiger charge is 2.23. The van der Waals surface area contributed by atoms with Crippen molar-refractivity contribution >= 4 is 40.8 Å². The molecule has 2 rings (SSSR count). The summed E-state index contributed by atoms with van der Waals surface area (Å²) < 4.78 is 5.18. The van der Waals surface area contributed by atoms with Crippen molar-refractivity contribution in [3.05, 3.63) is 68.7 Å². The number of ether oxygens (including phenoxy) is 1. The molecule has 0 aliphatic heterocycles. The van der Waals surface area contributed by atoms with Gasteiger partial charge in [0.05, 0.1) is 12.5 Å². The van der Waals surface area contributed by atoms with Gasteiger partial charge in [0.15, 0.2) is 0 Å². The quantitative estimate of drug-likeness (QED) is 0.657. The predicted octanol–water partition coefficient (Wildman–Crippen LogP) is 5.54. The van der Waals surface area contributed by atoms with Crippen molar-refractivity contribution in [2.75, 3.05) is 6.61 Å². The average Bonchev–Trinajstić information content (AvgIpc) is 2.48. The normalized spacial score (nSPS) is 12.0. The second-order valence-corrected chi connectivity index (χ2v) is 6.08. The molecule has 0 bridgehead atoms. The molecular weight excluding hydrogens is 343 g/mol. The summed E-state index contributed by atoms with van der Waals surface area (Å²) in [5.41, 5.74) is 1.69. The molecule has 0 heterocycles. The van der Waals surface area contributed by atoms with E-state index in [9.17, 15) is 4.79 Å². The number of hydrogen-bond acceptors (Lipinski definition) is 2. The lowest BCUT2D eigenvalue weighted by molar-refractivity contribution is -0.144. The van der Waals surface area contributed by atoms with Crippen LogP contribution < -0.4 is 0 Å². The molecule has 0 saturated carbocycles. The predicted molar refractivity (Wildman–Crippen MR) is 91.0 cm³/mol. The Balaban J connectivity index is 2.32. The Bertz CT molecular complexity index is 653. The van der Waals surface area contributed by atoms with Crippen molar-refractivity contribution in [1.82, 2.24) is 0 Å². The summed E-state index contributed by atoms with van der Waals surface area (Å²) in [6, 6.07) is 12.4. The van der Waals surface area contributed by atoms with Gasteiger partial charge in [0.2, 0.25) is 0 Å². The van der Waals surface area contributed by atoms with Gasteiger partial charge in [-0.05, 0) is 48.7 Å². The minimum Gasteiger partial charge on any atom is -0.466 e. The van der Waals surface area contributed by atoms with Gasteiger partial charge in [0, 0.05) is 15.1 Å². The van der Waals surface area contributed by atoms with E-state index in [4.69, 9.17) is 39.5 Å². The van der Waals surface area contributed by atoms with E-state index >= 15 is 0 Å². The Morgan fingerprint density at radius 2 is 1.68 bits per heavy atom. The fourth-order valence-corrected chi connectivity index (χ4v) is 2.79. The third-order valence-electron chi connectivity index (χ3n) is 3.28. The van der Waals surface area contributed by atoms with E-state index in [1.165, 1.54) is 0 Å². The summed E-state index contributed by atoms with van der Waals surface area (Å²) in [5, 5.41) is 1.72. The van der Waals surface area contributed by atoms with Crippen LogP contribution in [-0.4, -0.2) is 12.6 Å². The molecule has 0 unspecified atom stereocenters. The van der Waals surface area contributed by atoms with E-state index in [-0.39, 0.29) is 5.97 Å². The van der Waals surface area contributed by atoms with Crippen LogP contribution in [-0.2, 0) is 16.0 Å². The Labute approximate surface area is 144 Å². The molecular formula is C17H15Cl3O2. The van der Waals surface area contributed by atoms with Crippen molar-refractivity contribution in [2.24, 2.45) is 0 Å². The summed E-state index contributed by atoms with van der Waals surface area (Å²) in [4.78, 5) is 12.3. The number of halogens is 3. The maximum Gasteiger partial charge on any atom is 0.313 e. The SMILES string of the molecule is CCOC(=O)[C@H](Cc1ccc(Cl)cc1Cl)c1ccc(Cl)cc1. The van der Waals surface area contributed by atoms with E-state index in [2.05, 4.69) is 0 Å². The van der Waals surface area contributed by atoms with Gasteiger partial charge in [-0.2, -0.15) is 0 Å². The number of benzene rings is 2. The molecule has 1 atom stereocenters. The van der Waals surface area contributed by atoms with Crippen LogP contribution in [0.5, 0.6) is 0 Å². The lowest BCUT2D eigenvalue weighted by atomic mass is 9.92. The minimum atomic E-state index is -0.434. The van der Waals surface area contributed by atoms with Crippen molar-refractivity contribution in [3.8, 4) is 0 Å². The van der Waals surface area contributed by atoms with Crippen LogP contribution in [0.3, 0.4) is 0 Å². The zero-order valence-corrected chi connectivity index (χ0v) is 14.3. The third-order valence-corrected chi connectivity index (χ3v) is 4.12. The number of esters is 1. The molecule has 2 aromatic carbocycles. The molecule has 5 heteroatoms. The summed E-state index contributed by atoms with van der Waals surface area (Å²) in [6.45, 7) is 2.11. The van der Waals surface area contributed by atoms with Gasteiger partial charge in [-0.3, -0.25) is 4.79 Å². The summed E-state index contributed by atoms with van der Waals surface area (Å²) in [7, 11) is 0. The second kappa shape index (κ2) is 7.87. The third kappa shape index (κ3) is 4.39. The fraction of sp³-hybridized carbons (Fsp3) is 0.235. The van der Waals surface area contributed by atoms with Gasteiger partial charge in [-0.1, -0.05) is 53.0 Å². The number of rotatable bonds is 5. The molecule has 0 N–H and O–H groups in total. The van der Waals surface area contributed by atoms with Crippen LogP contribution in [0, 0.1) is 0 Å². The first kappa shape index (κ1) is 17.1. The van der Waals surface area contributed by atoms with Gasteiger partial charge < -0.3 is 4.74 Å². The lowest BCUT2D eigenvalue weighted by Crippen LogP contribution is -2.18. The van der Waals surface area contributed by atoms with Crippen LogP contribution >= 0.6 is 34.8 Å². The van der Waals surface area contributed by atoms with E-state index in [0.717, 1.165) is 11.1 Å². The summed E-state index contributed by atoms with van der Waals surface area (Å²) >= 11 is 18.0. The largest absolute Gasteiger partial charge is 0.466 e. The first-order valence-corrected chi connectivity index (χ1v) is 8.00. The van der Waals surface area contributed by atoms with Crippen LogP contribution in [0.25, 0.3) is 0 Å². The molecule has 0 aliphatic carbocycles. The zero-order valence-electron chi connectivity index (χ0n) is 12.0. The first-order valence-electron chi connectivity index (χ1n) is 6.87. The number of hydrogen-bond donors (Lipinski definition) is 0. The first-order chi connectivity index (χ1) is 10.5. The standard InChI is InChI=1S/C17H15Cl3O2/c1-2-22-17(21)15(11-3-6-13(18)7-4-11)9-12-5-8-14(19)10-16(12)20/h3-8,10,15H,2,9H2,1H3/t15-/m1/s1. The topological polar surface area (TPSA) is 26.3 Å². The molecule has 22 heavy (non-hydrogen) atoms. The number of carbonyl (C=O) groups is 1.